The van der Waals surface area contributed by atoms with Gasteiger partial charge in [0.15, 0.2) is 0 Å². The molecule has 0 bridgehead atoms. The van der Waals surface area contributed by atoms with E-state index < -0.39 is 0 Å². The van der Waals surface area contributed by atoms with Gasteiger partial charge in [-0.15, -0.1) is 0 Å². The second-order valence-corrected chi connectivity index (χ2v) is 10.6. The van der Waals surface area contributed by atoms with Crippen molar-refractivity contribution >= 4 is 17.5 Å². The van der Waals surface area contributed by atoms with E-state index in [0.717, 1.165) is 36.4 Å². The molecule has 1 aliphatic heterocycles. The highest BCUT2D eigenvalue weighted by atomic mass is 16.2. The van der Waals surface area contributed by atoms with Crippen molar-refractivity contribution in [2.45, 2.75) is 51.1 Å². The van der Waals surface area contributed by atoms with Crippen LogP contribution in [-0.2, 0) is 18.4 Å². The number of likely N-dealkylation sites (tertiary alicyclic amines) is 1. The van der Waals surface area contributed by atoms with Crippen LogP contribution in [0, 0.1) is 0 Å². The maximum absolute atomic E-state index is 13.4. The molecule has 0 radical (unpaired) electrons. The molecule has 5 rings (SSSR count). The second-order valence-electron chi connectivity index (χ2n) is 10.6. The fourth-order valence-corrected chi connectivity index (χ4v) is 5.45. The molecule has 2 aromatic heterocycles. The summed E-state index contributed by atoms with van der Waals surface area (Å²) < 4.78 is 0. The van der Waals surface area contributed by atoms with Gasteiger partial charge in [-0.3, -0.25) is 14.8 Å². The van der Waals surface area contributed by atoms with Gasteiger partial charge in [0.2, 0.25) is 5.95 Å². The van der Waals surface area contributed by atoms with Gasteiger partial charge in [-0.1, -0.05) is 26.0 Å². The zero-order chi connectivity index (χ0) is 24.7. The monoisotopic (exact) mass is 474 g/mol. The average Bonchev–Trinajstić information content (AvgIpc) is 3.27. The first-order valence-electron chi connectivity index (χ1n) is 12.2. The van der Waals surface area contributed by atoms with E-state index in [-0.39, 0.29) is 17.3 Å². The van der Waals surface area contributed by atoms with Gasteiger partial charge in [-0.25, -0.2) is 9.97 Å². The van der Waals surface area contributed by atoms with Crippen molar-refractivity contribution in [3.63, 3.8) is 0 Å². The van der Waals surface area contributed by atoms with E-state index in [9.17, 15) is 4.79 Å². The number of anilines is 2. The summed E-state index contributed by atoms with van der Waals surface area (Å²) in [4.78, 5) is 26.7. The minimum Gasteiger partial charge on any atom is -0.368 e. The largest absolute Gasteiger partial charge is 0.368 e. The molecule has 0 atom stereocenters. The van der Waals surface area contributed by atoms with Gasteiger partial charge in [0.1, 0.15) is 11.4 Å². The summed E-state index contributed by atoms with van der Waals surface area (Å²) in [5.41, 5.74) is 11.2. The standard InChI is InChI=1S/C26H34N8O/c1-26(2)13-17-14-28-25(27)30-21(17)22-20(26)23(32-31-22)24(35)29-18-7-5-6-16(12-18)15-34-10-8-19(9-11-34)33(3)4/h5-7,12,14,19H,8-11,13,15H2,1-4H3,(H,29,35)(H,31,32)(H2,27,28,30). The Kier molecular flexibility index (Phi) is 6.06. The van der Waals surface area contributed by atoms with E-state index in [1.165, 1.54) is 18.4 Å². The zero-order valence-corrected chi connectivity index (χ0v) is 20.9. The minimum atomic E-state index is -0.304. The molecule has 0 unspecified atom stereocenters. The average molecular weight is 475 g/mol. The topological polar surface area (TPSA) is 116 Å². The number of rotatable bonds is 5. The number of nitrogens with two attached hydrogens (primary N) is 1. The first-order chi connectivity index (χ1) is 16.7. The van der Waals surface area contributed by atoms with Gasteiger partial charge in [0, 0.05) is 30.0 Å². The van der Waals surface area contributed by atoms with Crippen molar-refractivity contribution in [1.82, 2.24) is 30.0 Å². The van der Waals surface area contributed by atoms with Crippen molar-refractivity contribution in [3.8, 4) is 11.4 Å². The first kappa shape index (κ1) is 23.4. The van der Waals surface area contributed by atoms with Crippen LogP contribution in [-0.4, -0.2) is 69.1 Å². The van der Waals surface area contributed by atoms with Crippen molar-refractivity contribution < 1.29 is 4.79 Å². The number of carbonyl (C=O) groups is 1. The third-order valence-electron chi connectivity index (χ3n) is 7.29. The maximum atomic E-state index is 13.4. The molecule has 4 N–H and O–H groups in total. The number of carbonyl (C=O) groups excluding carboxylic acids is 1. The van der Waals surface area contributed by atoms with E-state index in [1.54, 1.807) is 6.20 Å². The van der Waals surface area contributed by atoms with Crippen LogP contribution in [0.1, 0.15) is 53.9 Å². The molecule has 3 heterocycles. The SMILES string of the molecule is CN(C)C1CCN(Cc2cccc(NC(=O)c3[nH]nc4c3C(C)(C)Cc3cnc(N)nc3-4)c2)CC1. The predicted octanol–water partition coefficient (Wildman–Crippen LogP) is 3.06. The van der Waals surface area contributed by atoms with Crippen LogP contribution in [0.15, 0.2) is 30.5 Å². The third-order valence-corrected chi connectivity index (χ3v) is 7.29. The number of aromatic amines is 1. The molecule has 1 fully saturated rings. The third kappa shape index (κ3) is 4.66. The number of hydrogen-bond donors (Lipinski definition) is 3. The Balaban J connectivity index is 1.33. The van der Waals surface area contributed by atoms with Crippen LogP contribution in [0.5, 0.6) is 0 Å². The lowest BCUT2D eigenvalue weighted by molar-refractivity contribution is 0.102. The number of fused-ring (bicyclic) bond motifs is 3. The van der Waals surface area contributed by atoms with E-state index in [2.05, 4.69) is 75.4 Å². The number of nitrogens with one attached hydrogen (secondary N) is 2. The van der Waals surface area contributed by atoms with E-state index in [4.69, 9.17) is 5.73 Å². The first-order valence-corrected chi connectivity index (χ1v) is 12.2. The number of amides is 1. The maximum Gasteiger partial charge on any atom is 0.273 e. The van der Waals surface area contributed by atoms with Gasteiger partial charge >= 0.3 is 0 Å². The highest BCUT2D eigenvalue weighted by molar-refractivity contribution is 6.05. The normalized spacial score (nSPS) is 17.7. The number of hydrogen-bond acceptors (Lipinski definition) is 7. The Morgan fingerprint density at radius 1 is 1.26 bits per heavy atom. The van der Waals surface area contributed by atoms with Gasteiger partial charge < -0.3 is 16.0 Å². The molecule has 184 valence electrons. The van der Waals surface area contributed by atoms with Crippen molar-refractivity contribution in [3.05, 3.63) is 52.8 Å². The summed E-state index contributed by atoms with van der Waals surface area (Å²) in [5, 5.41) is 10.5. The van der Waals surface area contributed by atoms with Gasteiger partial charge in [-0.2, -0.15) is 5.10 Å². The Labute approximate surface area is 206 Å². The highest BCUT2D eigenvalue weighted by Gasteiger charge is 2.38. The quantitative estimate of drug-likeness (QED) is 0.520. The van der Waals surface area contributed by atoms with Crippen LogP contribution in [0.25, 0.3) is 11.4 Å². The fourth-order valence-electron chi connectivity index (χ4n) is 5.45. The van der Waals surface area contributed by atoms with Gasteiger partial charge in [-0.05, 0) is 75.1 Å². The number of nitrogen functional groups attached to an aromatic ring is 1. The number of aromatic nitrogens is 4. The fraction of sp³-hybridized carbons (Fsp3) is 0.462. The minimum absolute atomic E-state index is 0.200. The molecular weight excluding hydrogens is 440 g/mol. The summed E-state index contributed by atoms with van der Waals surface area (Å²) in [7, 11) is 4.32. The molecule has 35 heavy (non-hydrogen) atoms. The van der Waals surface area contributed by atoms with Crippen LogP contribution in [0.4, 0.5) is 11.6 Å². The molecule has 3 aromatic rings. The molecule has 0 spiro atoms. The number of nitrogens with zero attached hydrogens (tertiary/aromatic N) is 5. The Morgan fingerprint density at radius 2 is 2.03 bits per heavy atom. The molecule has 2 aliphatic rings. The van der Waals surface area contributed by atoms with Crippen LogP contribution in [0.2, 0.25) is 0 Å². The van der Waals surface area contributed by atoms with E-state index in [0.29, 0.717) is 29.5 Å². The molecule has 1 saturated heterocycles. The van der Waals surface area contributed by atoms with Crippen molar-refractivity contribution in [2.24, 2.45) is 0 Å². The summed E-state index contributed by atoms with van der Waals surface area (Å²) >= 11 is 0. The second kappa shape index (κ2) is 9.05. The summed E-state index contributed by atoms with van der Waals surface area (Å²) in [6.07, 6.45) is 4.83. The summed E-state index contributed by atoms with van der Waals surface area (Å²) in [5.74, 6) is -0.00702. The van der Waals surface area contributed by atoms with Gasteiger partial charge in [0.05, 0.1) is 5.69 Å². The van der Waals surface area contributed by atoms with E-state index in [1.807, 2.05) is 12.1 Å². The lowest BCUT2D eigenvalue weighted by atomic mass is 9.73. The smallest absolute Gasteiger partial charge is 0.273 e. The van der Waals surface area contributed by atoms with Crippen LogP contribution >= 0.6 is 0 Å². The lowest BCUT2D eigenvalue weighted by Gasteiger charge is -2.35. The molecule has 9 nitrogen and oxygen atoms in total. The molecule has 9 heteroatoms. The number of benzene rings is 1. The molecule has 1 amide bonds. The van der Waals surface area contributed by atoms with Crippen molar-refractivity contribution in [2.75, 3.05) is 38.2 Å². The summed E-state index contributed by atoms with van der Waals surface area (Å²) in [6, 6.07) is 8.77. The van der Waals surface area contributed by atoms with Crippen molar-refractivity contribution in [1.29, 1.82) is 0 Å². The van der Waals surface area contributed by atoms with Crippen LogP contribution in [0.3, 0.4) is 0 Å². The van der Waals surface area contributed by atoms with Crippen LogP contribution < -0.4 is 11.1 Å². The Hall–Kier alpha value is -3.30. The number of H-pyrrole nitrogens is 1. The molecule has 0 saturated carbocycles. The molecule has 1 aromatic carbocycles. The number of piperidine rings is 1. The van der Waals surface area contributed by atoms with E-state index >= 15 is 0 Å². The predicted molar refractivity (Wildman–Crippen MR) is 137 cm³/mol. The lowest BCUT2D eigenvalue weighted by Crippen LogP contribution is -2.41. The van der Waals surface area contributed by atoms with Gasteiger partial charge in [0.25, 0.3) is 5.91 Å². The highest BCUT2D eigenvalue weighted by Crippen LogP contribution is 2.42. The Bertz CT molecular complexity index is 1240. The molecular formula is C26H34N8O. The molecule has 1 aliphatic carbocycles. The summed E-state index contributed by atoms with van der Waals surface area (Å²) in [6.45, 7) is 7.28. The Morgan fingerprint density at radius 3 is 2.77 bits per heavy atom. The zero-order valence-electron chi connectivity index (χ0n) is 20.9.